The standard InChI is InChI=1S/C7H11F3O5S/c1-3(2)6(13,16)4(8,11)5(9,12)7(10,14)15-3/h11-14,16H,1-2H3/t4-,5+,6-,7+/m1/s1. The Kier molecular flexibility index (Phi) is 2.65. The summed E-state index contributed by atoms with van der Waals surface area (Å²) in [6.07, 6.45) is 0. The zero-order chi connectivity index (χ0) is 13.2. The molecule has 0 aromatic rings. The smallest absolute Gasteiger partial charge is 0.372 e. The lowest BCUT2D eigenvalue weighted by Crippen LogP contribution is -2.80. The van der Waals surface area contributed by atoms with E-state index in [-0.39, 0.29) is 0 Å². The van der Waals surface area contributed by atoms with Crippen LogP contribution >= 0.6 is 12.6 Å². The molecule has 0 aliphatic carbocycles. The Hall–Kier alpha value is -0.0600. The molecule has 9 heteroatoms. The van der Waals surface area contributed by atoms with Crippen molar-refractivity contribution in [1.29, 1.82) is 0 Å². The molecular weight excluding hydrogens is 253 g/mol. The van der Waals surface area contributed by atoms with E-state index in [2.05, 4.69) is 17.4 Å². The van der Waals surface area contributed by atoms with Crippen molar-refractivity contribution in [1.82, 2.24) is 0 Å². The molecule has 0 unspecified atom stereocenters. The highest BCUT2D eigenvalue weighted by Crippen LogP contribution is 2.56. The Morgan fingerprint density at radius 2 is 1.31 bits per heavy atom. The van der Waals surface area contributed by atoms with Gasteiger partial charge in [-0.2, -0.15) is 8.78 Å². The molecule has 4 N–H and O–H groups in total. The number of alkyl halides is 3. The highest BCUT2D eigenvalue weighted by molar-refractivity contribution is 7.81. The fourth-order valence-corrected chi connectivity index (χ4v) is 1.50. The van der Waals surface area contributed by atoms with E-state index in [1.807, 2.05) is 0 Å². The van der Waals surface area contributed by atoms with Gasteiger partial charge in [-0.3, -0.25) is 0 Å². The SMILES string of the molecule is CC1(C)O[C@](O)(F)[C@](O)(F)[C@](O)(F)[C@]1(O)S. The van der Waals surface area contributed by atoms with Crippen LogP contribution < -0.4 is 0 Å². The summed E-state index contributed by atoms with van der Waals surface area (Å²) >= 11 is 3.20. The fourth-order valence-electron chi connectivity index (χ4n) is 1.31. The van der Waals surface area contributed by atoms with Crippen LogP contribution in [0.1, 0.15) is 13.8 Å². The minimum Gasteiger partial charge on any atom is -0.372 e. The molecule has 0 aromatic heterocycles. The van der Waals surface area contributed by atoms with Crippen LogP contribution in [0.2, 0.25) is 0 Å². The first-order valence-electron chi connectivity index (χ1n) is 4.09. The second-order valence-electron chi connectivity index (χ2n) is 4.09. The predicted octanol–water partition coefficient (Wildman–Crippen LogP) is -0.655. The molecule has 0 aromatic carbocycles. The summed E-state index contributed by atoms with van der Waals surface area (Å²) in [5.41, 5.74) is -2.33. The highest BCUT2D eigenvalue weighted by Gasteiger charge is 2.83. The molecule has 5 nitrogen and oxygen atoms in total. The van der Waals surface area contributed by atoms with Crippen LogP contribution in [0.15, 0.2) is 0 Å². The molecule has 1 rings (SSSR count). The number of halogens is 3. The summed E-state index contributed by atoms with van der Waals surface area (Å²) in [6, 6.07) is -4.55. The molecule has 1 aliphatic heterocycles. The molecule has 1 fully saturated rings. The third kappa shape index (κ3) is 1.33. The summed E-state index contributed by atoms with van der Waals surface area (Å²) in [5.74, 6) is -9.51. The third-order valence-electron chi connectivity index (χ3n) is 2.54. The lowest BCUT2D eigenvalue weighted by molar-refractivity contribution is -0.532. The van der Waals surface area contributed by atoms with Gasteiger partial charge in [-0.1, -0.05) is 0 Å². The van der Waals surface area contributed by atoms with Crippen molar-refractivity contribution in [2.24, 2.45) is 0 Å². The molecule has 96 valence electrons. The van der Waals surface area contributed by atoms with E-state index in [1.54, 1.807) is 0 Å². The molecule has 0 spiro atoms. The molecule has 0 saturated carbocycles. The van der Waals surface area contributed by atoms with Crippen LogP contribution in [-0.4, -0.2) is 48.7 Å². The monoisotopic (exact) mass is 264 g/mol. The Bertz CT molecular complexity index is 287. The van der Waals surface area contributed by atoms with E-state index in [9.17, 15) is 18.3 Å². The highest BCUT2D eigenvalue weighted by atomic mass is 32.1. The van der Waals surface area contributed by atoms with Crippen molar-refractivity contribution < 1.29 is 38.3 Å². The fraction of sp³-hybridized carbons (Fsp3) is 1.00. The van der Waals surface area contributed by atoms with Gasteiger partial charge in [-0.25, -0.2) is 4.39 Å². The first-order valence-corrected chi connectivity index (χ1v) is 4.54. The van der Waals surface area contributed by atoms with Crippen molar-refractivity contribution in [3.63, 3.8) is 0 Å². The molecule has 0 bridgehead atoms. The summed E-state index contributed by atoms with van der Waals surface area (Å²) in [5, 5.41) is 35.9. The van der Waals surface area contributed by atoms with Crippen molar-refractivity contribution in [2.45, 2.75) is 42.1 Å². The van der Waals surface area contributed by atoms with Crippen LogP contribution in [0.5, 0.6) is 0 Å². The summed E-state index contributed by atoms with van der Waals surface area (Å²) < 4.78 is 43.9. The number of ether oxygens (including phenoxy) is 1. The maximum Gasteiger partial charge on any atom is 0.385 e. The summed E-state index contributed by atoms with van der Waals surface area (Å²) in [4.78, 5) is -3.30. The van der Waals surface area contributed by atoms with Gasteiger partial charge < -0.3 is 25.2 Å². The third-order valence-corrected chi connectivity index (χ3v) is 3.37. The van der Waals surface area contributed by atoms with E-state index in [1.165, 1.54) is 0 Å². The zero-order valence-corrected chi connectivity index (χ0v) is 9.17. The Morgan fingerprint density at radius 3 is 1.69 bits per heavy atom. The zero-order valence-electron chi connectivity index (χ0n) is 8.28. The van der Waals surface area contributed by atoms with Gasteiger partial charge in [0.05, 0.1) is 0 Å². The number of aliphatic hydroxyl groups is 4. The molecule has 1 saturated heterocycles. The molecule has 0 amide bonds. The Labute approximate surface area is 93.9 Å². The predicted molar refractivity (Wildman–Crippen MR) is 47.3 cm³/mol. The second-order valence-corrected chi connectivity index (χ2v) is 4.74. The first-order chi connectivity index (χ1) is 6.71. The number of hydrogen-bond donors (Lipinski definition) is 5. The molecule has 1 heterocycles. The average molecular weight is 264 g/mol. The maximum absolute atomic E-state index is 13.5. The van der Waals surface area contributed by atoms with Crippen molar-refractivity contribution in [3.8, 4) is 0 Å². The molecule has 0 radical (unpaired) electrons. The van der Waals surface area contributed by atoms with Crippen LogP contribution in [0.3, 0.4) is 0 Å². The molecular formula is C7H11F3O5S. The van der Waals surface area contributed by atoms with Crippen molar-refractivity contribution >= 4 is 12.6 Å². The second kappa shape index (κ2) is 3.03. The van der Waals surface area contributed by atoms with E-state index < -0.39 is 28.3 Å². The van der Waals surface area contributed by atoms with E-state index >= 15 is 0 Å². The summed E-state index contributed by atoms with van der Waals surface area (Å²) in [6.45, 7) is 1.65. The van der Waals surface area contributed by atoms with Crippen LogP contribution in [0.4, 0.5) is 13.2 Å². The lowest BCUT2D eigenvalue weighted by Gasteiger charge is -2.55. The van der Waals surface area contributed by atoms with Gasteiger partial charge in [0.2, 0.25) is 4.93 Å². The summed E-state index contributed by atoms with van der Waals surface area (Å²) in [7, 11) is 0. The first kappa shape index (κ1) is 14.0. The van der Waals surface area contributed by atoms with E-state index in [0.29, 0.717) is 0 Å². The number of thiol groups is 1. The molecule has 4 atom stereocenters. The molecule has 16 heavy (non-hydrogen) atoms. The van der Waals surface area contributed by atoms with Gasteiger partial charge in [0.15, 0.2) is 0 Å². The van der Waals surface area contributed by atoms with Gasteiger partial charge in [-0.05, 0) is 13.8 Å². The number of hydrogen-bond acceptors (Lipinski definition) is 6. The van der Waals surface area contributed by atoms with Crippen molar-refractivity contribution in [3.05, 3.63) is 0 Å². The van der Waals surface area contributed by atoms with Crippen LogP contribution in [0.25, 0.3) is 0 Å². The van der Waals surface area contributed by atoms with Gasteiger partial charge in [0.1, 0.15) is 5.60 Å². The van der Waals surface area contributed by atoms with Crippen LogP contribution in [-0.2, 0) is 4.74 Å². The Balaban J connectivity index is 3.43. The van der Waals surface area contributed by atoms with Crippen LogP contribution in [0, 0.1) is 0 Å². The molecule has 1 aliphatic rings. The minimum absolute atomic E-state index is 0.824. The largest absolute Gasteiger partial charge is 0.385 e. The van der Waals surface area contributed by atoms with Gasteiger partial charge >= 0.3 is 17.8 Å². The van der Waals surface area contributed by atoms with Gasteiger partial charge in [0, 0.05) is 0 Å². The quantitative estimate of drug-likeness (QED) is 0.296. The average Bonchev–Trinajstić information content (AvgIpc) is 1.98. The van der Waals surface area contributed by atoms with Gasteiger partial charge in [-0.15, -0.1) is 12.6 Å². The Morgan fingerprint density at radius 1 is 0.938 bits per heavy atom. The normalized spacial score (nSPS) is 57.4. The van der Waals surface area contributed by atoms with E-state index in [0.717, 1.165) is 13.8 Å². The number of rotatable bonds is 0. The lowest BCUT2D eigenvalue weighted by atomic mass is 9.85. The maximum atomic E-state index is 13.5. The topological polar surface area (TPSA) is 90.2 Å². The van der Waals surface area contributed by atoms with Gasteiger partial charge in [0.25, 0.3) is 0 Å². The minimum atomic E-state index is -4.91. The van der Waals surface area contributed by atoms with E-state index in [4.69, 9.17) is 15.3 Å². The van der Waals surface area contributed by atoms with Crippen molar-refractivity contribution in [2.75, 3.05) is 0 Å².